The fourth-order valence-electron chi connectivity index (χ4n) is 1.27. The van der Waals surface area contributed by atoms with Crippen molar-refractivity contribution in [3.8, 4) is 5.75 Å². The topological polar surface area (TPSA) is 35.5 Å². The summed E-state index contributed by atoms with van der Waals surface area (Å²) in [6, 6.07) is 4.71. The Morgan fingerprint density at radius 1 is 1.37 bits per heavy atom. The number of alkyl halides is 3. The minimum absolute atomic E-state index is 0.129. The summed E-state index contributed by atoms with van der Waals surface area (Å²) in [5.74, 6) is -0.414. The van der Waals surface area contributed by atoms with Crippen molar-refractivity contribution >= 4 is 12.0 Å². The van der Waals surface area contributed by atoms with Crippen molar-refractivity contribution in [1.29, 1.82) is 0 Å². The predicted molar refractivity (Wildman–Crippen MR) is 63.8 cm³/mol. The molecule has 1 aromatic rings. The molecule has 1 rings (SSSR count). The first-order valence-corrected chi connectivity index (χ1v) is 5.38. The van der Waals surface area contributed by atoms with Crippen LogP contribution in [0.15, 0.2) is 24.3 Å². The highest BCUT2D eigenvalue weighted by Crippen LogP contribution is 2.23. The number of rotatable bonds is 4. The molecular formula is C13H13F3O3. The van der Waals surface area contributed by atoms with Crippen LogP contribution in [0.1, 0.15) is 11.1 Å². The van der Waals surface area contributed by atoms with Crippen molar-refractivity contribution in [1.82, 2.24) is 0 Å². The fraction of sp³-hybridized carbons (Fsp3) is 0.308. The second-order valence-corrected chi connectivity index (χ2v) is 3.79. The molecule has 0 heterocycles. The Labute approximate surface area is 108 Å². The monoisotopic (exact) mass is 274 g/mol. The van der Waals surface area contributed by atoms with Gasteiger partial charge < -0.3 is 9.47 Å². The SMILES string of the molecule is COC(=O)C=Cc1ccc(C)c(OCC(F)(F)F)c1. The van der Waals surface area contributed by atoms with Crippen LogP contribution in [0.2, 0.25) is 0 Å². The van der Waals surface area contributed by atoms with E-state index in [1.165, 1.54) is 25.3 Å². The highest BCUT2D eigenvalue weighted by Gasteiger charge is 2.28. The van der Waals surface area contributed by atoms with E-state index in [0.29, 0.717) is 11.1 Å². The van der Waals surface area contributed by atoms with Crippen LogP contribution in [0.25, 0.3) is 6.08 Å². The zero-order chi connectivity index (χ0) is 14.5. The molecule has 0 fully saturated rings. The number of ether oxygens (including phenoxy) is 2. The highest BCUT2D eigenvalue weighted by atomic mass is 19.4. The number of methoxy groups -OCH3 is 1. The number of benzene rings is 1. The molecule has 6 heteroatoms. The number of hydrogen-bond donors (Lipinski definition) is 0. The Morgan fingerprint density at radius 3 is 2.63 bits per heavy atom. The van der Waals surface area contributed by atoms with Gasteiger partial charge >= 0.3 is 12.1 Å². The van der Waals surface area contributed by atoms with Gasteiger partial charge in [0.1, 0.15) is 5.75 Å². The Bertz CT molecular complexity index is 479. The zero-order valence-corrected chi connectivity index (χ0v) is 10.5. The van der Waals surface area contributed by atoms with Gasteiger partial charge in [0.2, 0.25) is 0 Å². The largest absolute Gasteiger partial charge is 0.484 e. The van der Waals surface area contributed by atoms with Crippen LogP contribution < -0.4 is 4.74 Å². The van der Waals surface area contributed by atoms with Crippen LogP contribution in [-0.4, -0.2) is 25.9 Å². The van der Waals surface area contributed by atoms with Crippen molar-refractivity contribution < 1.29 is 27.4 Å². The van der Waals surface area contributed by atoms with E-state index < -0.39 is 18.8 Å². The smallest absolute Gasteiger partial charge is 0.422 e. The van der Waals surface area contributed by atoms with E-state index in [2.05, 4.69) is 4.74 Å². The van der Waals surface area contributed by atoms with Gasteiger partial charge in [-0.15, -0.1) is 0 Å². The number of carbonyl (C=O) groups excluding carboxylic acids is 1. The molecule has 0 aliphatic rings. The van der Waals surface area contributed by atoms with Crippen LogP contribution in [-0.2, 0) is 9.53 Å². The molecule has 19 heavy (non-hydrogen) atoms. The molecule has 0 amide bonds. The molecule has 0 atom stereocenters. The summed E-state index contributed by atoms with van der Waals surface area (Å²) in [5.41, 5.74) is 1.13. The Hall–Kier alpha value is -1.98. The first-order chi connectivity index (χ1) is 8.81. The summed E-state index contributed by atoms with van der Waals surface area (Å²) >= 11 is 0. The van der Waals surface area contributed by atoms with Gasteiger partial charge in [0.25, 0.3) is 0 Å². The molecule has 3 nitrogen and oxygen atoms in total. The van der Waals surface area contributed by atoms with Crippen molar-refractivity contribution in [3.05, 3.63) is 35.4 Å². The standard InChI is InChI=1S/C13H13F3O3/c1-9-3-4-10(5-6-12(17)18-2)7-11(9)19-8-13(14,15)16/h3-7H,8H2,1-2H3. The molecular weight excluding hydrogens is 261 g/mol. The summed E-state index contributed by atoms with van der Waals surface area (Å²) in [6.45, 7) is 0.289. The van der Waals surface area contributed by atoms with E-state index in [1.54, 1.807) is 19.1 Å². The first-order valence-electron chi connectivity index (χ1n) is 5.38. The van der Waals surface area contributed by atoms with Crippen LogP contribution in [0.5, 0.6) is 5.75 Å². The lowest BCUT2D eigenvalue weighted by molar-refractivity contribution is -0.153. The maximum atomic E-state index is 12.1. The third-order valence-electron chi connectivity index (χ3n) is 2.22. The van der Waals surface area contributed by atoms with E-state index in [-0.39, 0.29) is 5.75 Å². The van der Waals surface area contributed by atoms with Crippen LogP contribution >= 0.6 is 0 Å². The van der Waals surface area contributed by atoms with E-state index in [9.17, 15) is 18.0 Å². The van der Waals surface area contributed by atoms with Gasteiger partial charge in [-0.25, -0.2) is 4.79 Å². The normalized spacial score (nSPS) is 11.6. The summed E-state index contributed by atoms with van der Waals surface area (Å²) in [6.07, 6.45) is -1.77. The van der Waals surface area contributed by atoms with E-state index in [1.807, 2.05) is 0 Å². The molecule has 0 aliphatic carbocycles. The summed E-state index contributed by atoms with van der Waals surface area (Å²) < 4.78 is 45.3. The lowest BCUT2D eigenvalue weighted by Crippen LogP contribution is -2.19. The second kappa shape index (κ2) is 6.26. The Morgan fingerprint density at radius 2 is 2.05 bits per heavy atom. The number of hydrogen-bond acceptors (Lipinski definition) is 3. The van der Waals surface area contributed by atoms with Gasteiger partial charge in [0.05, 0.1) is 7.11 Å². The maximum absolute atomic E-state index is 12.1. The number of carbonyl (C=O) groups is 1. The fourth-order valence-corrected chi connectivity index (χ4v) is 1.27. The van der Waals surface area contributed by atoms with Gasteiger partial charge in [0, 0.05) is 6.08 Å². The van der Waals surface area contributed by atoms with Crippen molar-refractivity contribution in [2.45, 2.75) is 13.1 Å². The van der Waals surface area contributed by atoms with Crippen LogP contribution in [0, 0.1) is 6.92 Å². The Balaban J connectivity index is 2.82. The van der Waals surface area contributed by atoms with Gasteiger partial charge in [-0.2, -0.15) is 13.2 Å². The Kier molecular flexibility index (Phi) is 4.97. The summed E-state index contributed by atoms with van der Waals surface area (Å²) in [4.78, 5) is 10.9. The molecule has 0 unspecified atom stereocenters. The second-order valence-electron chi connectivity index (χ2n) is 3.79. The first kappa shape index (κ1) is 15.1. The zero-order valence-electron chi connectivity index (χ0n) is 10.5. The van der Waals surface area contributed by atoms with Gasteiger partial charge in [-0.05, 0) is 30.2 Å². The quantitative estimate of drug-likeness (QED) is 0.625. The average Bonchev–Trinajstić information content (AvgIpc) is 2.34. The lowest BCUT2D eigenvalue weighted by Gasteiger charge is -2.11. The number of halogens is 3. The number of aryl methyl sites for hydroxylation is 1. The predicted octanol–water partition coefficient (Wildman–Crippen LogP) is 3.12. The minimum Gasteiger partial charge on any atom is -0.484 e. The number of esters is 1. The third-order valence-corrected chi connectivity index (χ3v) is 2.22. The average molecular weight is 274 g/mol. The molecule has 0 bridgehead atoms. The van der Waals surface area contributed by atoms with Crippen molar-refractivity contribution in [2.24, 2.45) is 0 Å². The summed E-state index contributed by atoms with van der Waals surface area (Å²) in [5, 5.41) is 0. The summed E-state index contributed by atoms with van der Waals surface area (Å²) in [7, 11) is 1.24. The molecule has 0 aliphatic heterocycles. The van der Waals surface area contributed by atoms with E-state index in [0.717, 1.165) is 0 Å². The molecule has 0 spiro atoms. The molecule has 0 N–H and O–H groups in total. The third kappa shape index (κ3) is 5.46. The highest BCUT2D eigenvalue weighted by molar-refractivity contribution is 5.87. The van der Waals surface area contributed by atoms with Gasteiger partial charge in [-0.1, -0.05) is 12.1 Å². The van der Waals surface area contributed by atoms with E-state index in [4.69, 9.17) is 4.74 Å². The molecule has 0 saturated heterocycles. The maximum Gasteiger partial charge on any atom is 0.422 e. The minimum atomic E-state index is -4.38. The van der Waals surface area contributed by atoms with E-state index >= 15 is 0 Å². The molecule has 0 saturated carbocycles. The molecule has 1 aromatic carbocycles. The van der Waals surface area contributed by atoms with Crippen LogP contribution in [0.3, 0.4) is 0 Å². The van der Waals surface area contributed by atoms with Crippen molar-refractivity contribution in [3.63, 3.8) is 0 Å². The van der Waals surface area contributed by atoms with Gasteiger partial charge in [-0.3, -0.25) is 0 Å². The molecule has 104 valence electrons. The molecule has 0 aromatic heterocycles. The molecule has 0 radical (unpaired) electrons. The lowest BCUT2D eigenvalue weighted by atomic mass is 10.1. The van der Waals surface area contributed by atoms with Crippen molar-refractivity contribution in [2.75, 3.05) is 13.7 Å². The van der Waals surface area contributed by atoms with Gasteiger partial charge in [0.15, 0.2) is 6.61 Å². The van der Waals surface area contributed by atoms with Crippen LogP contribution in [0.4, 0.5) is 13.2 Å².